The van der Waals surface area contributed by atoms with Gasteiger partial charge in [-0.1, -0.05) is 6.07 Å². The van der Waals surface area contributed by atoms with E-state index in [4.69, 9.17) is 4.98 Å². The van der Waals surface area contributed by atoms with Gasteiger partial charge in [0.2, 0.25) is 0 Å². The largest absolute Gasteiger partial charge is 0.306 e. The van der Waals surface area contributed by atoms with Crippen molar-refractivity contribution in [3.8, 4) is 11.4 Å². The van der Waals surface area contributed by atoms with E-state index in [0.29, 0.717) is 18.8 Å². The molecule has 0 spiro atoms. The van der Waals surface area contributed by atoms with Crippen LogP contribution in [-0.2, 0) is 19.5 Å². The minimum atomic E-state index is -0.0440. The Balaban J connectivity index is 1.63. The third-order valence-corrected chi connectivity index (χ3v) is 4.58. The Morgan fingerprint density at radius 1 is 1.24 bits per heavy atom. The number of hydrogen-bond acceptors (Lipinski definition) is 5. The topological polar surface area (TPSA) is 74.8 Å². The van der Waals surface area contributed by atoms with E-state index in [1.807, 2.05) is 24.4 Å². The van der Waals surface area contributed by atoms with Crippen molar-refractivity contribution >= 4 is 0 Å². The standard InChI is InChI=1S/C19H19N5O/c1-13-4-2-8-21-16(13)11-24-9-6-15-17(12-24)22-18(23-19(15)25)14-5-3-7-20-10-14/h2-5,7-8,10H,6,9,11-12H2,1H3,(H,22,23,25). The van der Waals surface area contributed by atoms with Crippen molar-refractivity contribution in [2.75, 3.05) is 6.54 Å². The molecule has 0 saturated carbocycles. The molecular formula is C19H19N5O. The number of nitrogens with zero attached hydrogens (tertiary/aromatic N) is 4. The third kappa shape index (κ3) is 3.21. The van der Waals surface area contributed by atoms with Crippen LogP contribution in [0.5, 0.6) is 0 Å². The average Bonchev–Trinajstić information content (AvgIpc) is 2.64. The van der Waals surface area contributed by atoms with E-state index in [9.17, 15) is 4.79 Å². The predicted molar refractivity (Wildman–Crippen MR) is 94.9 cm³/mol. The zero-order valence-corrected chi connectivity index (χ0v) is 14.1. The number of nitrogens with one attached hydrogen (secondary N) is 1. The van der Waals surface area contributed by atoms with Crippen LogP contribution in [0.3, 0.4) is 0 Å². The Kier molecular flexibility index (Phi) is 4.11. The van der Waals surface area contributed by atoms with E-state index in [2.05, 4.69) is 32.8 Å². The fourth-order valence-corrected chi connectivity index (χ4v) is 3.16. The molecule has 0 saturated heterocycles. The molecule has 126 valence electrons. The lowest BCUT2D eigenvalue weighted by molar-refractivity contribution is 0.237. The van der Waals surface area contributed by atoms with Crippen molar-refractivity contribution < 1.29 is 0 Å². The fraction of sp³-hybridized carbons (Fsp3) is 0.263. The molecule has 4 rings (SSSR count). The molecule has 1 aliphatic rings. The molecule has 1 aliphatic heterocycles. The van der Waals surface area contributed by atoms with Gasteiger partial charge >= 0.3 is 0 Å². The number of rotatable bonds is 3. The molecule has 3 aromatic rings. The van der Waals surface area contributed by atoms with Crippen LogP contribution in [0.4, 0.5) is 0 Å². The lowest BCUT2D eigenvalue weighted by atomic mass is 10.1. The second-order valence-corrected chi connectivity index (χ2v) is 6.31. The van der Waals surface area contributed by atoms with E-state index < -0.39 is 0 Å². The van der Waals surface area contributed by atoms with E-state index >= 15 is 0 Å². The number of H-pyrrole nitrogens is 1. The van der Waals surface area contributed by atoms with Gasteiger partial charge in [-0.05, 0) is 37.1 Å². The third-order valence-electron chi connectivity index (χ3n) is 4.58. The Bertz CT molecular complexity index is 952. The highest BCUT2D eigenvalue weighted by Gasteiger charge is 2.22. The monoisotopic (exact) mass is 333 g/mol. The molecule has 0 bridgehead atoms. The number of fused-ring (bicyclic) bond motifs is 1. The maximum absolute atomic E-state index is 12.4. The fourth-order valence-electron chi connectivity index (χ4n) is 3.16. The summed E-state index contributed by atoms with van der Waals surface area (Å²) in [5.41, 5.74) is 4.67. The van der Waals surface area contributed by atoms with Crippen LogP contribution in [0.15, 0.2) is 47.7 Å². The van der Waals surface area contributed by atoms with Crippen molar-refractivity contribution in [2.24, 2.45) is 0 Å². The molecule has 1 N–H and O–H groups in total. The van der Waals surface area contributed by atoms with Gasteiger partial charge in [0.25, 0.3) is 5.56 Å². The molecule has 6 nitrogen and oxygen atoms in total. The highest BCUT2D eigenvalue weighted by Crippen LogP contribution is 2.19. The van der Waals surface area contributed by atoms with Crippen LogP contribution >= 0.6 is 0 Å². The second kappa shape index (κ2) is 6.57. The molecule has 0 aliphatic carbocycles. The first-order valence-corrected chi connectivity index (χ1v) is 8.36. The normalized spacial score (nSPS) is 14.3. The summed E-state index contributed by atoms with van der Waals surface area (Å²) in [4.78, 5) is 30.9. The van der Waals surface area contributed by atoms with Gasteiger partial charge in [-0.15, -0.1) is 0 Å². The Labute approximate surface area is 145 Å². The van der Waals surface area contributed by atoms with Crippen molar-refractivity contribution in [1.29, 1.82) is 0 Å². The SMILES string of the molecule is Cc1cccnc1CN1CCc2c(nc(-c3cccnc3)[nH]c2=O)C1. The molecule has 25 heavy (non-hydrogen) atoms. The number of aryl methyl sites for hydroxylation is 1. The molecule has 4 heterocycles. The van der Waals surface area contributed by atoms with Crippen LogP contribution in [0.2, 0.25) is 0 Å². The van der Waals surface area contributed by atoms with E-state index in [-0.39, 0.29) is 5.56 Å². The lowest BCUT2D eigenvalue weighted by Crippen LogP contribution is -2.35. The Morgan fingerprint density at radius 3 is 2.92 bits per heavy atom. The van der Waals surface area contributed by atoms with Gasteiger partial charge in [0.15, 0.2) is 0 Å². The molecule has 0 unspecified atom stereocenters. The summed E-state index contributed by atoms with van der Waals surface area (Å²) >= 11 is 0. The lowest BCUT2D eigenvalue weighted by Gasteiger charge is -2.27. The zero-order valence-electron chi connectivity index (χ0n) is 14.1. The quantitative estimate of drug-likeness (QED) is 0.794. The Morgan fingerprint density at radius 2 is 2.12 bits per heavy atom. The average molecular weight is 333 g/mol. The van der Waals surface area contributed by atoms with Crippen LogP contribution in [-0.4, -0.2) is 31.4 Å². The van der Waals surface area contributed by atoms with Gasteiger partial charge < -0.3 is 4.98 Å². The second-order valence-electron chi connectivity index (χ2n) is 6.31. The minimum absolute atomic E-state index is 0.0440. The smallest absolute Gasteiger partial charge is 0.254 e. The summed E-state index contributed by atoms with van der Waals surface area (Å²) in [7, 11) is 0. The van der Waals surface area contributed by atoms with Gasteiger partial charge in [0.05, 0.1) is 11.4 Å². The molecule has 0 fully saturated rings. The first-order chi connectivity index (χ1) is 12.2. The van der Waals surface area contributed by atoms with E-state index in [1.54, 1.807) is 12.4 Å². The van der Waals surface area contributed by atoms with Crippen molar-refractivity contribution in [1.82, 2.24) is 24.8 Å². The van der Waals surface area contributed by atoms with Gasteiger partial charge in [-0.2, -0.15) is 0 Å². The van der Waals surface area contributed by atoms with Crippen LogP contribution in [0.1, 0.15) is 22.5 Å². The maximum atomic E-state index is 12.4. The van der Waals surface area contributed by atoms with Gasteiger partial charge in [-0.25, -0.2) is 4.98 Å². The Hall–Kier alpha value is -2.86. The molecule has 0 aromatic carbocycles. The maximum Gasteiger partial charge on any atom is 0.254 e. The van der Waals surface area contributed by atoms with Crippen LogP contribution in [0, 0.1) is 6.92 Å². The molecule has 0 radical (unpaired) electrons. The number of aromatic amines is 1. The van der Waals surface area contributed by atoms with E-state index in [1.165, 1.54) is 5.56 Å². The van der Waals surface area contributed by atoms with E-state index in [0.717, 1.165) is 35.6 Å². The molecular weight excluding hydrogens is 314 g/mol. The first-order valence-electron chi connectivity index (χ1n) is 8.36. The summed E-state index contributed by atoms with van der Waals surface area (Å²) in [5.74, 6) is 0.577. The van der Waals surface area contributed by atoms with Gasteiger partial charge in [0, 0.05) is 49.4 Å². The number of pyridine rings is 2. The summed E-state index contributed by atoms with van der Waals surface area (Å²) in [6.45, 7) is 4.33. The van der Waals surface area contributed by atoms with Crippen LogP contribution in [0.25, 0.3) is 11.4 Å². The zero-order chi connectivity index (χ0) is 17.2. The molecule has 3 aromatic heterocycles. The summed E-state index contributed by atoms with van der Waals surface area (Å²) in [5, 5.41) is 0. The van der Waals surface area contributed by atoms with Crippen molar-refractivity contribution in [2.45, 2.75) is 26.4 Å². The number of aromatic nitrogens is 4. The minimum Gasteiger partial charge on any atom is -0.306 e. The highest BCUT2D eigenvalue weighted by molar-refractivity contribution is 5.53. The van der Waals surface area contributed by atoms with Gasteiger partial charge in [-0.3, -0.25) is 19.7 Å². The van der Waals surface area contributed by atoms with Gasteiger partial charge in [0.1, 0.15) is 5.82 Å². The predicted octanol–water partition coefficient (Wildman–Crippen LogP) is 2.09. The highest BCUT2D eigenvalue weighted by atomic mass is 16.1. The van der Waals surface area contributed by atoms with Crippen molar-refractivity contribution in [3.05, 3.63) is 75.7 Å². The number of hydrogen-bond donors (Lipinski definition) is 1. The summed E-state index contributed by atoms with van der Waals surface area (Å²) < 4.78 is 0. The molecule has 0 atom stereocenters. The summed E-state index contributed by atoms with van der Waals surface area (Å²) in [6.07, 6.45) is 5.94. The molecule has 0 amide bonds. The van der Waals surface area contributed by atoms with Crippen LogP contribution < -0.4 is 5.56 Å². The molecule has 6 heteroatoms. The van der Waals surface area contributed by atoms with Crippen molar-refractivity contribution in [3.63, 3.8) is 0 Å². The summed E-state index contributed by atoms with van der Waals surface area (Å²) in [6, 6.07) is 7.76. The first kappa shape index (κ1) is 15.7.